The van der Waals surface area contributed by atoms with Gasteiger partial charge in [-0.2, -0.15) is 0 Å². The lowest BCUT2D eigenvalue weighted by atomic mass is 10.0. The molecule has 15 heavy (non-hydrogen) atoms. The first-order valence-electron chi connectivity index (χ1n) is 5.33. The molecule has 0 aromatic heterocycles. The van der Waals surface area contributed by atoms with Gasteiger partial charge in [-0.05, 0) is 18.1 Å². The van der Waals surface area contributed by atoms with Gasteiger partial charge in [-0.1, -0.05) is 24.3 Å². The minimum Gasteiger partial charge on any atom is -0.371 e. The van der Waals surface area contributed by atoms with Crippen LogP contribution < -0.4 is 5.32 Å². The van der Waals surface area contributed by atoms with E-state index < -0.39 is 6.17 Å². The van der Waals surface area contributed by atoms with Gasteiger partial charge in [-0.25, -0.2) is 4.39 Å². The molecule has 1 aliphatic rings. The SMILES string of the molecule is CC(F)c1cccc(C2CNCCO2)c1. The van der Waals surface area contributed by atoms with E-state index in [1.165, 1.54) is 0 Å². The molecule has 0 saturated carbocycles. The number of hydrogen-bond acceptors (Lipinski definition) is 2. The summed E-state index contributed by atoms with van der Waals surface area (Å²) in [6, 6.07) is 7.58. The second-order valence-corrected chi connectivity index (χ2v) is 3.85. The van der Waals surface area contributed by atoms with E-state index in [2.05, 4.69) is 5.32 Å². The molecule has 1 heterocycles. The number of ether oxygens (including phenoxy) is 1. The summed E-state index contributed by atoms with van der Waals surface area (Å²) in [7, 11) is 0. The molecule has 1 saturated heterocycles. The largest absolute Gasteiger partial charge is 0.371 e. The first-order chi connectivity index (χ1) is 7.27. The second kappa shape index (κ2) is 4.73. The molecule has 1 aromatic rings. The van der Waals surface area contributed by atoms with Crippen molar-refractivity contribution in [1.29, 1.82) is 0 Å². The zero-order chi connectivity index (χ0) is 10.7. The lowest BCUT2D eigenvalue weighted by Gasteiger charge is -2.24. The van der Waals surface area contributed by atoms with Crippen molar-refractivity contribution in [2.24, 2.45) is 0 Å². The third-order valence-electron chi connectivity index (χ3n) is 2.67. The van der Waals surface area contributed by atoms with Gasteiger partial charge in [-0.3, -0.25) is 0 Å². The van der Waals surface area contributed by atoms with E-state index in [0.29, 0.717) is 0 Å². The average molecular weight is 209 g/mol. The third kappa shape index (κ3) is 2.55. The van der Waals surface area contributed by atoms with E-state index in [9.17, 15) is 4.39 Å². The van der Waals surface area contributed by atoms with Gasteiger partial charge in [0.05, 0.1) is 12.7 Å². The molecule has 2 atom stereocenters. The Balaban J connectivity index is 2.16. The first kappa shape index (κ1) is 10.6. The van der Waals surface area contributed by atoms with Crippen molar-refractivity contribution >= 4 is 0 Å². The van der Waals surface area contributed by atoms with Crippen LogP contribution in [0.5, 0.6) is 0 Å². The van der Waals surface area contributed by atoms with Crippen LogP contribution in [0.3, 0.4) is 0 Å². The fraction of sp³-hybridized carbons (Fsp3) is 0.500. The maximum absolute atomic E-state index is 13.1. The Bertz CT molecular complexity index is 321. The van der Waals surface area contributed by atoms with Gasteiger partial charge < -0.3 is 10.1 Å². The van der Waals surface area contributed by atoms with Crippen molar-refractivity contribution in [1.82, 2.24) is 5.32 Å². The molecule has 1 fully saturated rings. The van der Waals surface area contributed by atoms with Crippen molar-refractivity contribution in [2.75, 3.05) is 19.7 Å². The highest BCUT2D eigenvalue weighted by atomic mass is 19.1. The van der Waals surface area contributed by atoms with E-state index in [1.54, 1.807) is 6.92 Å². The van der Waals surface area contributed by atoms with Gasteiger partial charge in [0.2, 0.25) is 0 Å². The Morgan fingerprint density at radius 2 is 2.40 bits per heavy atom. The van der Waals surface area contributed by atoms with Gasteiger partial charge in [0.25, 0.3) is 0 Å². The Morgan fingerprint density at radius 3 is 3.07 bits per heavy atom. The van der Waals surface area contributed by atoms with Crippen LogP contribution in [-0.2, 0) is 4.74 Å². The molecular formula is C12H16FNO. The Morgan fingerprint density at radius 1 is 1.53 bits per heavy atom. The second-order valence-electron chi connectivity index (χ2n) is 3.85. The summed E-state index contributed by atoms with van der Waals surface area (Å²) in [4.78, 5) is 0. The summed E-state index contributed by atoms with van der Waals surface area (Å²) in [5, 5.41) is 3.26. The van der Waals surface area contributed by atoms with Crippen LogP contribution in [0.25, 0.3) is 0 Å². The maximum atomic E-state index is 13.1. The van der Waals surface area contributed by atoms with E-state index >= 15 is 0 Å². The molecule has 0 spiro atoms. The number of alkyl halides is 1. The number of morpholine rings is 1. The number of rotatable bonds is 2. The number of hydrogen-bond donors (Lipinski definition) is 1. The van der Waals surface area contributed by atoms with Crippen molar-refractivity contribution < 1.29 is 9.13 Å². The molecule has 3 heteroatoms. The van der Waals surface area contributed by atoms with Gasteiger partial charge in [-0.15, -0.1) is 0 Å². The molecule has 0 aliphatic carbocycles. The minimum absolute atomic E-state index is 0.0671. The molecule has 1 aromatic carbocycles. The highest BCUT2D eigenvalue weighted by Crippen LogP contribution is 2.23. The van der Waals surface area contributed by atoms with Crippen LogP contribution in [0.4, 0.5) is 4.39 Å². The minimum atomic E-state index is -0.915. The van der Waals surface area contributed by atoms with Crippen LogP contribution in [0.2, 0.25) is 0 Å². The summed E-state index contributed by atoms with van der Waals surface area (Å²) in [6.07, 6.45) is -0.848. The van der Waals surface area contributed by atoms with Gasteiger partial charge in [0.15, 0.2) is 0 Å². The van der Waals surface area contributed by atoms with E-state index in [1.807, 2.05) is 24.3 Å². The summed E-state index contributed by atoms with van der Waals surface area (Å²) in [6.45, 7) is 3.99. The van der Waals surface area contributed by atoms with Crippen LogP contribution in [0.1, 0.15) is 30.3 Å². The van der Waals surface area contributed by atoms with Gasteiger partial charge in [0.1, 0.15) is 6.17 Å². The van der Waals surface area contributed by atoms with E-state index in [-0.39, 0.29) is 6.10 Å². The lowest BCUT2D eigenvalue weighted by Crippen LogP contribution is -2.33. The third-order valence-corrected chi connectivity index (χ3v) is 2.67. The lowest BCUT2D eigenvalue weighted by molar-refractivity contribution is 0.0276. The molecule has 2 nitrogen and oxygen atoms in total. The Kier molecular flexibility index (Phi) is 3.34. The van der Waals surface area contributed by atoms with Crippen molar-refractivity contribution in [2.45, 2.75) is 19.2 Å². The number of benzene rings is 1. The zero-order valence-corrected chi connectivity index (χ0v) is 8.87. The van der Waals surface area contributed by atoms with Crippen LogP contribution in [0.15, 0.2) is 24.3 Å². The molecule has 82 valence electrons. The summed E-state index contributed by atoms with van der Waals surface area (Å²) >= 11 is 0. The Labute approximate surface area is 89.4 Å². The standard InChI is InChI=1S/C12H16FNO/c1-9(13)10-3-2-4-11(7-10)12-8-14-5-6-15-12/h2-4,7,9,12,14H,5-6,8H2,1H3. The molecule has 2 rings (SSSR count). The van der Waals surface area contributed by atoms with Crippen molar-refractivity contribution in [3.8, 4) is 0 Å². The van der Waals surface area contributed by atoms with Gasteiger partial charge in [0, 0.05) is 13.1 Å². The predicted molar refractivity (Wildman–Crippen MR) is 57.5 cm³/mol. The average Bonchev–Trinajstić information content (AvgIpc) is 2.30. The first-order valence-corrected chi connectivity index (χ1v) is 5.33. The van der Waals surface area contributed by atoms with E-state index in [0.717, 1.165) is 30.8 Å². The predicted octanol–water partition coefficient (Wildman–Crippen LogP) is 2.38. The highest BCUT2D eigenvalue weighted by Gasteiger charge is 2.16. The van der Waals surface area contributed by atoms with Gasteiger partial charge >= 0.3 is 0 Å². The molecule has 0 bridgehead atoms. The molecule has 1 aliphatic heterocycles. The zero-order valence-electron chi connectivity index (χ0n) is 8.87. The topological polar surface area (TPSA) is 21.3 Å². The summed E-state index contributed by atoms with van der Waals surface area (Å²) in [5.41, 5.74) is 1.78. The van der Waals surface area contributed by atoms with E-state index in [4.69, 9.17) is 4.74 Å². The molecule has 2 unspecified atom stereocenters. The highest BCUT2D eigenvalue weighted by molar-refractivity contribution is 5.27. The fourth-order valence-electron chi connectivity index (χ4n) is 1.79. The summed E-state index contributed by atoms with van der Waals surface area (Å²) < 4.78 is 18.7. The molecule has 0 radical (unpaired) electrons. The van der Waals surface area contributed by atoms with Crippen LogP contribution in [0, 0.1) is 0 Å². The Hall–Kier alpha value is -0.930. The normalized spacial score (nSPS) is 23.7. The molecular weight excluding hydrogens is 193 g/mol. The maximum Gasteiger partial charge on any atom is 0.122 e. The smallest absolute Gasteiger partial charge is 0.122 e. The number of halogens is 1. The number of nitrogens with one attached hydrogen (secondary N) is 1. The monoisotopic (exact) mass is 209 g/mol. The fourth-order valence-corrected chi connectivity index (χ4v) is 1.79. The van der Waals surface area contributed by atoms with Crippen LogP contribution >= 0.6 is 0 Å². The van der Waals surface area contributed by atoms with Crippen molar-refractivity contribution in [3.05, 3.63) is 35.4 Å². The quantitative estimate of drug-likeness (QED) is 0.807. The molecule has 1 N–H and O–H groups in total. The van der Waals surface area contributed by atoms with Crippen LogP contribution in [-0.4, -0.2) is 19.7 Å². The molecule has 0 amide bonds. The summed E-state index contributed by atoms with van der Waals surface area (Å²) in [5.74, 6) is 0. The van der Waals surface area contributed by atoms with Crippen molar-refractivity contribution in [3.63, 3.8) is 0 Å².